The molecule has 0 bridgehead atoms. The third kappa shape index (κ3) is 7.36. The van der Waals surface area contributed by atoms with Gasteiger partial charge < -0.3 is 20.5 Å². The fourth-order valence-corrected chi connectivity index (χ4v) is 2.98. The van der Waals surface area contributed by atoms with Crippen LogP contribution in [0.2, 0.25) is 0 Å². The summed E-state index contributed by atoms with van der Waals surface area (Å²) in [7, 11) is 1.33. The molecule has 0 aromatic heterocycles. The Bertz CT molecular complexity index is 618. The van der Waals surface area contributed by atoms with Gasteiger partial charge in [0.25, 0.3) is 0 Å². The van der Waals surface area contributed by atoms with Crippen molar-refractivity contribution in [1.82, 2.24) is 10.6 Å². The van der Waals surface area contributed by atoms with Gasteiger partial charge in [0.1, 0.15) is 5.75 Å². The van der Waals surface area contributed by atoms with Gasteiger partial charge in [0, 0.05) is 12.6 Å². The molecular formula is C18H27F3IN3O2. The second-order valence-corrected chi connectivity index (χ2v) is 6.37. The third-order valence-corrected chi connectivity index (χ3v) is 4.41. The minimum atomic E-state index is -4.47. The second-order valence-electron chi connectivity index (χ2n) is 6.37. The molecule has 154 valence electrons. The lowest BCUT2D eigenvalue weighted by Crippen LogP contribution is -2.45. The maximum Gasteiger partial charge on any atom is 0.416 e. The lowest BCUT2D eigenvalue weighted by molar-refractivity contribution is -0.138. The number of guanidine groups is 1. The van der Waals surface area contributed by atoms with E-state index in [1.165, 1.54) is 19.2 Å². The quantitative estimate of drug-likeness (QED) is 0.327. The van der Waals surface area contributed by atoms with Crippen LogP contribution in [-0.4, -0.2) is 36.9 Å². The number of aliphatic hydroxyl groups is 1. The number of aliphatic imine (C=N–C) groups is 1. The van der Waals surface area contributed by atoms with Crippen LogP contribution in [0.4, 0.5) is 13.2 Å². The zero-order chi connectivity index (χ0) is 19.2. The minimum absolute atomic E-state index is 0. The number of methoxy groups -OCH3 is 1. The first-order chi connectivity index (χ1) is 12.3. The first-order valence-corrected chi connectivity index (χ1v) is 8.80. The van der Waals surface area contributed by atoms with Crippen molar-refractivity contribution in [2.75, 3.05) is 13.7 Å². The molecule has 0 saturated heterocycles. The molecule has 1 aromatic rings. The Morgan fingerprint density at radius 1 is 1.26 bits per heavy atom. The Kier molecular flexibility index (Phi) is 9.65. The van der Waals surface area contributed by atoms with Crippen molar-refractivity contribution in [3.63, 3.8) is 0 Å². The average molecular weight is 501 g/mol. The normalized spacial score (nSPS) is 20.6. The summed E-state index contributed by atoms with van der Waals surface area (Å²) in [6, 6.07) is 4.05. The fraction of sp³-hybridized carbons (Fsp3) is 0.611. The summed E-state index contributed by atoms with van der Waals surface area (Å²) in [4.78, 5) is 4.32. The van der Waals surface area contributed by atoms with Crippen LogP contribution < -0.4 is 15.4 Å². The molecule has 0 radical (unpaired) electrons. The molecule has 1 fully saturated rings. The first-order valence-electron chi connectivity index (χ1n) is 8.80. The first kappa shape index (κ1) is 23.8. The summed E-state index contributed by atoms with van der Waals surface area (Å²) in [6.07, 6.45) is -1.68. The smallest absolute Gasteiger partial charge is 0.416 e. The lowest BCUT2D eigenvalue weighted by atomic mass is 9.93. The maximum absolute atomic E-state index is 13.3. The van der Waals surface area contributed by atoms with E-state index in [4.69, 9.17) is 4.74 Å². The maximum atomic E-state index is 13.3. The van der Waals surface area contributed by atoms with Gasteiger partial charge in [0.15, 0.2) is 5.96 Å². The van der Waals surface area contributed by atoms with E-state index in [0.29, 0.717) is 25.3 Å². The Labute approximate surface area is 174 Å². The highest BCUT2D eigenvalue weighted by atomic mass is 127. The van der Waals surface area contributed by atoms with Gasteiger partial charge in [-0.3, -0.25) is 0 Å². The fourth-order valence-electron chi connectivity index (χ4n) is 2.98. The molecule has 1 aliphatic rings. The van der Waals surface area contributed by atoms with E-state index in [1.54, 1.807) is 0 Å². The minimum Gasteiger partial charge on any atom is -0.497 e. The van der Waals surface area contributed by atoms with Crippen molar-refractivity contribution in [2.24, 2.45) is 4.99 Å². The lowest BCUT2D eigenvalue weighted by Gasteiger charge is -2.27. The monoisotopic (exact) mass is 501 g/mol. The molecule has 2 rings (SSSR count). The number of nitrogens with one attached hydrogen (secondary N) is 2. The van der Waals surface area contributed by atoms with Crippen LogP contribution in [-0.2, 0) is 12.7 Å². The zero-order valence-corrected chi connectivity index (χ0v) is 17.8. The molecule has 0 spiro atoms. The number of alkyl halides is 3. The van der Waals surface area contributed by atoms with Crippen molar-refractivity contribution < 1.29 is 23.0 Å². The van der Waals surface area contributed by atoms with Crippen molar-refractivity contribution in [3.8, 4) is 5.75 Å². The van der Waals surface area contributed by atoms with Crippen LogP contribution >= 0.6 is 24.0 Å². The predicted octanol–water partition coefficient (Wildman–Crippen LogP) is 3.69. The number of aliphatic hydroxyl groups excluding tert-OH is 1. The van der Waals surface area contributed by atoms with Crippen molar-refractivity contribution in [3.05, 3.63) is 29.3 Å². The molecule has 27 heavy (non-hydrogen) atoms. The van der Waals surface area contributed by atoms with E-state index in [0.717, 1.165) is 18.9 Å². The molecule has 0 amide bonds. The highest BCUT2D eigenvalue weighted by Gasteiger charge is 2.33. The van der Waals surface area contributed by atoms with E-state index < -0.39 is 11.7 Å². The molecule has 9 heteroatoms. The second kappa shape index (κ2) is 10.9. The van der Waals surface area contributed by atoms with E-state index in [1.807, 2.05) is 6.92 Å². The van der Waals surface area contributed by atoms with Gasteiger partial charge in [-0.15, -0.1) is 24.0 Å². The summed E-state index contributed by atoms with van der Waals surface area (Å²) in [5, 5.41) is 15.9. The number of halogens is 4. The number of benzene rings is 1. The number of nitrogens with zero attached hydrogens (tertiary/aromatic N) is 1. The highest BCUT2D eigenvalue weighted by Crippen LogP contribution is 2.34. The van der Waals surface area contributed by atoms with Gasteiger partial charge in [0.2, 0.25) is 0 Å². The molecule has 1 aromatic carbocycles. The summed E-state index contributed by atoms with van der Waals surface area (Å²) < 4.78 is 44.8. The summed E-state index contributed by atoms with van der Waals surface area (Å²) >= 11 is 0. The van der Waals surface area contributed by atoms with E-state index >= 15 is 0 Å². The van der Waals surface area contributed by atoms with Gasteiger partial charge in [-0.2, -0.15) is 13.2 Å². The van der Waals surface area contributed by atoms with Crippen molar-refractivity contribution >= 4 is 29.9 Å². The topological polar surface area (TPSA) is 65.9 Å². The Balaban J connectivity index is 0.00000364. The number of ether oxygens (including phenoxy) is 1. The number of rotatable bonds is 5. The number of hydrogen-bond acceptors (Lipinski definition) is 3. The zero-order valence-electron chi connectivity index (χ0n) is 15.5. The van der Waals surface area contributed by atoms with Crippen molar-refractivity contribution in [2.45, 2.75) is 57.5 Å². The average Bonchev–Trinajstić information content (AvgIpc) is 2.61. The molecule has 0 heterocycles. The van der Waals surface area contributed by atoms with Crippen LogP contribution in [0.15, 0.2) is 23.2 Å². The predicted molar refractivity (Wildman–Crippen MR) is 110 cm³/mol. The molecule has 5 nitrogen and oxygen atoms in total. The molecule has 1 aliphatic carbocycles. The van der Waals surface area contributed by atoms with Gasteiger partial charge in [-0.25, -0.2) is 4.99 Å². The Hall–Kier alpha value is -1.23. The molecule has 0 aliphatic heterocycles. The van der Waals surface area contributed by atoms with Crippen LogP contribution in [0.25, 0.3) is 0 Å². The molecule has 0 atom stereocenters. The van der Waals surface area contributed by atoms with Crippen LogP contribution in [0.3, 0.4) is 0 Å². The largest absolute Gasteiger partial charge is 0.497 e. The third-order valence-electron chi connectivity index (χ3n) is 4.41. The van der Waals surface area contributed by atoms with Crippen LogP contribution in [0, 0.1) is 0 Å². The SMILES string of the molecule is CCNC(=NCc1ccc(OC)cc1C(F)(F)F)NC1CCC(O)CC1.I. The van der Waals surface area contributed by atoms with Gasteiger partial charge >= 0.3 is 6.18 Å². The van der Waals surface area contributed by atoms with Gasteiger partial charge in [-0.1, -0.05) is 6.07 Å². The standard InChI is InChI=1S/C18H26F3N3O2.HI/c1-3-22-17(24-13-5-7-14(25)8-6-13)23-11-12-4-9-15(26-2)10-16(12)18(19,20)21;/h4,9-10,13-14,25H,3,5-8,11H2,1-2H3,(H2,22,23,24);1H. The van der Waals surface area contributed by atoms with Crippen LogP contribution in [0.5, 0.6) is 5.75 Å². The Morgan fingerprint density at radius 3 is 2.48 bits per heavy atom. The van der Waals surface area contributed by atoms with E-state index in [2.05, 4.69) is 15.6 Å². The van der Waals surface area contributed by atoms with Gasteiger partial charge in [0.05, 0.1) is 25.3 Å². The summed E-state index contributed by atoms with van der Waals surface area (Å²) in [5.41, 5.74) is -0.646. The highest BCUT2D eigenvalue weighted by molar-refractivity contribution is 14.0. The number of hydrogen-bond donors (Lipinski definition) is 3. The van der Waals surface area contributed by atoms with Crippen LogP contribution in [0.1, 0.15) is 43.7 Å². The van der Waals surface area contributed by atoms with E-state index in [-0.39, 0.29) is 54.0 Å². The van der Waals surface area contributed by atoms with Gasteiger partial charge in [-0.05, 0) is 50.3 Å². The van der Waals surface area contributed by atoms with E-state index in [9.17, 15) is 18.3 Å². The molecule has 1 saturated carbocycles. The molecule has 3 N–H and O–H groups in total. The molecular weight excluding hydrogens is 474 g/mol. The summed E-state index contributed by atoms with van der Waals surface area (Å²) in [5.74, 6) is 0.647. The summed E-state index contributed by atoms with van der Waals surface area (Å²) in [6.45, 7) is 2.41. The Morgan fingerprint density at radius 2 is 1.93 bits per heavy atom. The molecule has 0 unspecified atom stereocenters. The van der Waals surface area contributed by atoms with Crippen molar-refractivity contribution in [1.29, 1.82) is 0 Å².